The van der Waals surface area contributed by atoms with Crippen molar-refractivity contribution in [1.82, 2.24) is 9.97 Å². The second-order valence-corrected chi connectivity index (χ2v) is 12.8. The number of ether oxygens (including phenoxy) is 2. The number of hydrogen-bond donors (Lipinski definition) is 10. The van der Waals surface area contributed by atoms with Gasteiger partial charge in [-0.25, -0.2) is 9.59 Å². The van der Waals surface area contributed by atoms with Gasteiger partial charge in [-0.15, -0.1) is 0 Å². The van der Waals surface area contributed by atoms with Crippen molar-refractivity contribution in [2.24, 2.45) is 11.5 Å². The average Bonchev–Trinajstić information content (AvgIpc) is 3.83. The van der Waals surface area contributed by atoms with Crippen LogP contribution >= 0.6 is 0 Å². The molecule has 0 bridgehead atoms. The number of benzene rings is 4. The number of hydrogen-bond acceptors (Lipinski definition) is 8. The van der Waals surface area contributed by atoms with E-state index < -0.39 is 23.9 Å². The van der Waals surface area contributed by atoms with Gasteiger partial charge in [-0.05, 0) is 59.7 Å². The van der Waals surface area contributed by atoms with Gasteiger partial charge in [0.2, 0.25) is 11.8 Å². The summed E-state index contributed by atoms with van der Waals surface area (Å²) in [5, 5.41) is 16.0. The molecule has 18 heteroatoms. The monoisotopic (exact) mass is 814 g/mol. The van der Waals surface area contributed by atoms with Crippen LogP contribution in [0.2, 0.25) is 0 Å². The molecule has 2 heterocycles. The Balaban J connectivity index is 0.000000228. The van der Waals surface area contributed by atoms with Gasteiger partial charge < -0.3 is 62.8 Å². The first kappa shape index (κ1) is 42.6. The average molecular weight is 815 g/mol. The molecule has 0 spiro atoms. The standard InChI is InChI=1S/2C21H21N5O4/c2*1-12(27)24-20-18(19(22)28)17(11-23-20)13-6-8-14(9-7-13)25-21(29)26-15-4-3-5-16(10-15)30-2/h2*3-11,23H,1-2H3,(H2,22,28)(H,24,27)(H2,25,26,29). The molecule has 8 amide bonds. The van der Waals surface area contributed by atoms with E-state index in [9.17, 15) is 28.8 Å². The quantitative estimate of drug-likeness (QED) is 0.0627. The van der Waals surface area contributed by atoms with Gasteiger partial charge >= 0.3 is 12.1 Å². The van der Waals surface area contributed by atoms with Crippen LogP contribution in [0, 0.1) is 0 Å². The first-order valence-corrected chi connectivity index (χ1v) is 18.0. The zero-order valence-electron chi connectivity index (χ0n) is 32.8. The van der Waals surface area contributed by atoms with Gasteiger partial charge in [-0.3, -0.25) is 19.2 Å². The van der Waals surface area contributed by atoms with Crippen molar-refractivity contribution in [1.29, 1.82) is 0 Å². The molecule has 2 aromatic heterocycles. The van der Waals surface area contributed by atoms with Crippen molar-refractivity contribution < 1.29 is 38.2 Å². The number of aromatic amines is 2. The zero-order valence-corrected chi connectivity index (χ0v) is 32.8. The van der Waals surface area contributed by atoms with Crippen molar-refractivity contribution >= 4 is 70.1 Å². The maximum Gasteiger partial charge on any atom is 0.323 e. The van der Waals surface area contributed by atoms with E-state index in [2.05, 4.69) is 41.9 Å². The summed E-state index contributed by atoms with van der Waals surface area (Å²) in [5.41, 5.74) is 16.1. The van der Waals surface area contributed by atoms with Crippen molar-refractivity contribution in [3.63, 3.8) is 0 Å². The Bertz CT molecular complexity index is 2350. The number of amides is 8. The molecule has 0 aliphatic rings. The SMILES string of the molecule is COc1cccc(NC(=O)Nc2ccc(-c3c[nH]c(NC(C)=O)c3C(N)=O)cc2)c1.COc1cccc(NC(=O)Nc2ccc(-c3c[nH]c(NC(C)=O)c3C(N)=O)cc2)c1. The minimum absolute atomic E-state index is 0.182. The maximum atomic E-state index is 12.2. The first-order chi connectivity index (χ1) is 28.7. The summed E-state index contributed by atoms with van der Waals surface area (Å²) < 4.78 is 10.3. The van der Waals surface area contributed by atoms with E-state index in [0.717, 1.165) is 0 Å². The molecule has 4 aromatic carbocycles. The van der Waals surface area contributed by atoms with Gasteiger partial charge in [-0.2, -0.15) is 0 Å². The summed E-state index contributed by atoms with van der Waals surface area (Å²) in [6.45, 7) is 2.67. The Kier molecular flexibility index (Phi) is 13.9. The Hall–Kier alpha value is -8.54. The number of methoxy groups -OCH3 is 2. The number of rotatable bonds is 12. The lowest BCUT2D eigenvalue weighted by Gasteiger charge is -2.10. The third kappa shape index (κ3) is 11.3. The van der Waals surface area contributed by atoms with Crippen molar-refractivity contribution in [2.45, 2.75) is 13.8 Å². The number of carbonyl (C=O) groups is 6. The van der Waals surface area contributed by atoms with Crippen LogP contribution in [0.1, 0.15) is 34.6 Å². The van der Waals surface area contributed by atoms with E-state index in [0.29, 0.717) is 56.5 Å². The lowest BCUT2D eigenvalue weighted by Crippen LogP contribution is -2.19. The number of nitrogens with two attached hydrogens (primary N) is 2. The topological polar surface area (TPSA) is 277 Å². The largest absolute Gasteiger partial charge is 0.497 e. The van der Waals surface area contributed by atoms with Crippen molar-refractivity contribution in [2.75, 3.05) is 46.1 Å². The van der Waals surface area contributed by atoms with Crippen LogP contribution in [0.5, 0.6) is 11.5 Å². The van der Waals surface area contributed by atoms with E-state index in [4.69, 9.17) is 20.9 Å². The highest BCUT2D eigenvalue weighted by atomic mass is 16.5. The van der Waals surface area contributed by atoms with Crippen LogP contribution in [0.25, 0.3) is 22.3 Å². The molecule has 0 saturated heterocycles. The van der Waals surface area contributed by atoms with Gasteiger partial charge in [0, 0.05) is 72.3 Å². The molecule has 6 aromatic rings. The third-order valence-electron chi connectivity index (χ3n) is 8.42. The van der Waals surface area contributed by atoms with E-state index in [1.165, 1.54) is 13.8 Å². The number of nitrogens with one attached hydrogen (secondary N) is 8. The van der Waals surface area contributed by atoms with Gasteiger partial charge in [-0.1, -0.05) is 36.4 Å². The molecule has 308 valence electrons. The summed E-state index contributed by atoms with van der Waals surface area (Å²) >= 11 is 0. The molecular weight excluding hydrogens is 773 g/mol. The Morgan fingerprint density at radius 2 is 0.833 bits per heavy atom. The highest BCUT2D eigenvalue weighted by Gasteiger charge is 2.20. The summed E-state index contributed by atoms with van der Waals surface area (Å²) in [5.74, 6) is -0.250. The third-order valence-corrected chi connectivity index (χ3v) is 8.42. The molecule has 0 atom stereocenters. The minimum Gasteiger partial charge on any atom is -0.497 e. The first-order valence-electron chi connectivity index (χ1n) is 18.0. The van der Waals surface area contributed by atoms with E-state index in [-0.39, 0.29) is 34.6 Å². The summed E-state index contributed by atoms with van der Waals surface area (Å²) in [7, 11) is 3.10. The molecule has 0 unspecified atom stereocenters. The summed E-state index contributed by atoms with van der Waals surface area (Å²) in [4.78, 5) is 76.5. The molecule has 12 N–H and O–H groups in total. The van der Waals surface area contributed by atoms with Gasteiger partial charge in [0.1, 0.15) is 23.1 Å². The number of aromatic nitrogens is 2. The summed E-state index contributed by atoms with van der Waals surface area (Å²) in [6.07, 6.45) is 3.17. The molecule has 0 fully saturated rings. The lowest BCUT2D eigenvalue weighted by atomic mass is 10.0. The highest BCUT2D eigenvalue weighted by molar-refractivity contribution is 6.09. The summed E-state index contributed by atoms with van der Waals surface area (Å²) in [6, 6.07) is 26.8. The molecule has 60 heavy (non-hydrogen) atoms. The number of carbonyl (C=O) groups excluding carboxylic acids is 6. The fourth-order valence-corrected chi connectivity index (χ4v) is 5.82. The Morgan fingerprint density at radius 3 is 1.15 bits per heavy atom. The predicted molar refractivity (Wildman–Crippen MR) is 229 cm³/mol. The number of anilines is 6. The highest BCUT2D eigenvalue weighted by Crippen LogP contribution is 2.31. The van der Waals surface area contributed by atoms with Crippen molar-refractivity contribution in [3.05, 3.63) is 121 Å². The Labute approximate surface area is 343 Å². The molecule has 6 rings (SSSR count). The molecule has 0 aliphatic carbocycles. The lowest BCUT2D eigenvalue weighted by molar-refractivity contribution is -0.115. The van der Waals surface area contributed by atoms with E-state index >= 15 is 0 Å². The Morgan fingerprint density at radius 1 is 0.483 bits per heavy atom. The maximum absolute atomic E-state index is 12.2. The molecule has 0 radical (unpaired) electrons. The fourth-order valence-electron chi connectivity index (χ4n) is 5.82. The van der Waals surface area contributed by atoms with Crippen LogP contribution in [-0.4, -0.2) is 59.9 Å². The van der Waals surface area contributed by atoms with Crippen LogP contribution in [0.15, 0.2) is 109 Å². The molecular formula is C42H42N10O8. The van der Waals surface area contributed by atoms with E-state index in [1.54, 1.807) is 124 Å². The van der Waals surface area contributed by atoms with Crippen LogP contribution in [0.3, 0.4) is 0 Å². The second-order valence-electron chi connectivity index (χ2n) is 12.8. The number of urea groups is 2. The second kappa shape index (κ2) is 19.6. The van der Waals surface area contributed by atoms with Gasteiger partial charge in [0.15, 0.2) is 0 Å². The van der Waals surface area contributed by atoms with E-state index in [1.807, 2.05) is 0 Å². The number of primary amides is 2. The molecule has 0 saturated carbocycles. The minimum atomic E-state index is -0.671. The van der Waals surface area contributed by atoms with Gasteiger partial charge in [0.25, 0.3) is 11.8 Å². The molecule has 0 aliphatic heterocycles. The smallest absolute Gasteiger partial charge is 0.323 e. The molecule has 18 nitrogen and oxygen atoms in total. The fraction of sp³-hybridized carbons (Fsp3) is 0.0952. The van der Waals surface area contributed by atoms with Crippen LogP contribution in [0.4, 0.5) is 44.0 Å². The zero-order chi connectivity index (χ0) is 43.3. The van der Waals surface area contributed by atoms with Gasteiger partial charge in [0.05, 0.1) is 25.3 Å². The number of H-pyrrole nitrogens is 2. The van der Waals surface area contributed by atoms with Crippen LogP contribution in [-0.2, 0) is 9.59 Å². The normalized spacial score (nSPS) is 10.2. The predicted octanol–water partition coefficient (Wildman–Crippen LogP) is 6.78. The van der Waals surface area contributed by atoms with Crippen molar-refractivity contribution in [3.8, 4) is 33.8 Å². The van der Waals surface area contributed by atoms with Crippen LogP contribution < -0.4 is 52.8 Å².